The van der Waals surface area contributed by atoms with Gasteiger partial charge in [-0.25, -0.2) is 4.79 Å². The normalized spacial score (nSPS) is 25.5. The van der Waals surface area contributed by atoms with Crippen LogP contribution in [0, 0.1) is 11.8 Å². The van der Waals surface area contributed by atoms with E-state index in [4.69, 9.17) is 0 Å². The highest BCUT2D eigenvalue weighted by molar-refractivity contribution is 5.81. The second kappa shape index (κ2) is 12.3. The molecule has 3 aliphatic rings. The molecule has 1 saturated carbocycles. The van der Waals surface area contributed by atoms with Gasteiger partial charge in [-0.3, -0.25) is 18.7 Å². The van der Waals surface area contributed by atoms with Crippen LogP contribution >= 0.6 is 0 Å². The van der Waals surface area contributed by atoms with Crippen LogP contribution < -0.4 is 5.69 Å². The third-order valence-electron chi connectivity index (χ3n) is 9.76. The number of nitrogens with zero attached hydrogens (tertiary/aromatic N) is 5. The highest BCUT2D eigenvalue weighted by Crippen LogP contribution is 2.34. The van der Waals surface area contributed by atoms with Gasteiger partial charge in [0.25, 0.3) is 0 Å². The van der Waals surface area contributed by atoms with Gasteiger partial charge in [-0.1, -0.05) is 44.2 Å². The van der Waals surface area contributed by atoms with Crippen LogP contribution in [0.25, 0.3) is 11.0 Å². The third-order valence-corrected chi connectivity index (χ3v) is 9.76. The molecule has 3 heterocycles. The van der Waals surface area contributed by atoms with Gasteiger partial charge in [0.2, 0.25) is 11.8 Å². The second-order valence-electron chi connectivity index (χ2n) is 12.2. The van der Waals surface area contributed by atoms with Crippen molar-refractivity contribution in [1.82, 2.24) is 23.8 Å². The summed E-state index contributed by atoms with van der Waals surface area (Å²) in [5.41, 5.74) is 1.86. The smallest absolute Gasteiger partial charge is 0.329 e. The minimum atomic E-state index is -0.275. The highest BCUT2D eigenvalue weighted by Gasteiger charge is 2.42. The summed E-state index contributed by atoms with van der Waals surface area (Å²) in [4.78, 5) is 46.2. The van der Waals surface area contributed by atoms with E-state index in [-0.39, 0.29) is 35.5 Å². The van der Waals surface area contributed by atoms with Crippen LogP contribution in [-0.2, 0) is 16.1 Å². The summed E-state index contributed by atoms with van der Waals surface area (Å²) in [6, 6.07) is 7.90. The van der Waals surface area contributed by atoms with E-state index < -0.39 is 0 Å². The summed E-state index contributed by atoms with van der Waals surface area (Å²) in [5, 5.41) is 0. The Morgan fingerprint density at radius 1 is 0.923 bits per heavy atom. The number of hydrogen-bond donors (Lipinski definition) is 0. The fourth-order valence-corrected chi connectivity index (χ4v) is 7.42. The number of aromatic nitrogens is 2. The molecule has 1 aromatic heterocycles. The Labute approximate surface area is 232 Å². The van der Waals surface area contributed by atoms with E-state index in [1.807, 2.05) is 52.3 Å². The summed E-state index contributed by atoms with van der Waals surface area (Å²) in [7, 11) is 1.83. The van der Waals surface area contributed by atoms with E-state index in [0.717, 1.165) is 37.0 Å². The largest absolute Gasteiger partial charge is 0.341 e. The average Bonchev–Trinajstić information content (AvgIpc) is 3.51. The third kappa shape index (κ3) is 5.81. The van der Waals surface area contributed by atoms with Crippen LogP contribution in [0.2, 0.25) is 0 Å². The van der Waals surface area contributed by atoms with E-state index in [9.17, 15) is 14.4 Å². The van der Waals surface area contributed by atoms with Crippen molar-refractivity contribution in [3.05, 3.63) is 34.7 Å². The lowest BCUT2D eigenvalue weighted by molar-refractivity contribution is -0.139. The van der Waals surface area contributed by atoms with E-state index >= 15 is 0 Å². The first kappa shape index (κ1) is 27.9. The molecule has 8 nitrogen and oxygen atoms in total. The molecule has 2 aromatic rings. The summed E-state index contributed by atoms with van der Waals surface area (Å²) in [6.45, 7) is 8.11. The van der Waals surface area contributed by atoms with Crippen molar-refractivity contribution in [3.8, 4) is 0 Å². The Kier molecular flexibility index (Phi) is 8.79. The average molecular weight is 538 g/mol. The van der Waals surface area contributed by atoms with Crippen LogP contribution in [0.1, 0.15) is 77.7 Å². The molecule has 1 aliphatic carbocycles. The lowest BCUT2D eigenvalue weighted by atomic mass is 9.87. The molecule has 0 bridgehead atoms. The lowest BCUT2D eigenvalue weighted by Gasteiger charge is -2.41. The molecule has 39 heavy (non-hydrogen) atoms. The molecule has 3 atom stereocenters. The van der Waals surface area contributed by atoms with Gasteiger partial charge in [-0.2, -0.15) is 0 Å². The molecule has 2 aliphatic heterocycles. The van der Waals surface area contributed by atoms with Crippen LogP contribution in [-0.4, -0.2) is 81.5 Å². The number of rotatable bonds is 6. The summed E-state index contributed by atoms with van der Waals surface area (Å²) < 4.78 is 3.77. The molecule has 0 N–H and O–H groups in total. The number of imidazole rings is 1. The zero-order valence-electron chi connectivity index (χ0n) is 24.2. The first-order valence-electron chi connectivity index (χ1n) is 15.3. The Morgan fingerprint density at radius 2 is 1.62 bits per heavy atom. The maximum Gasteiger partial charge on any atom is 0.329 e. The van der Waals surface area contributed by atoms with Crippen molar-refractivity contribution >= 4 is 22.8 Å². The minimum Gasteiger partial charge on any atom is -0.341 e. The molecule has 3 fully saturated rings. The Bertz CT molecular complexity index is 1210. The summed E-state index contributed by atoms with van der Waals surface area (Å²) in [6.07, 6.45) is 10.8. The lowest BCUT2D eigenvalue weighted by Crippen LogP contribution is -2.51. The van der Waals surface area contributed by atoms with Crippen molar-refractivity contribution in [3.63, 3.8) is 0 Å². The predicted octanol–water partition coefficient (Wildman–Crippen LogP) is 4.13. The fourth-order valence-electron chi connectivity index (χ4n) is 7.42. The van der Waals surface area contributed by atoms with Gasteiger partial charge in [0.1, 0.15) is 0 Å². The van der Waals surface area contributed by atoms with Crippen molar-refractivity contribution in [2.75, 3.05) is 39.8 Å². The van der Waals surface area contributed by atoms with Crippen molar-refractivity contribution in [2.24, 2.45) is 11.8 Å². The van der Waals surface area contributed by atoms with Crippen LogP contribution in [0.5, 0.6) is 0 Å². The van der Waals surface area contributed by atoms with Gasteiger partial charge in [-0.15, -0.1) is 0 Å². The van der Waals surface area contributed by atoms with Crippen LogP contribution in [0.3, 0.4) is 0 Å². The van der Waals surface area contributed by atoms with Crippen LogP contribution in [0.15, 0.2) is 29.1 Å². The number of benzene rings is 1. The van der Waals surface area contributed by atoms with Crippen LogP contribution in [0.4, 0.5) is 0 Å². The predicted molar refractivity (Wildman–Crippen MR) is 155 cm³/mol. The molecule has 0 spiro atoms. The number of carbonyl (C=O) groups excluding carboxylic acids is 2. The molecule has 214 valence electrons. The Balaban J connectivity index is 1.42. The molecule has 2 saturated heterocycles. The second-order valence-corrected chi connectivity index (χ2v) is 12.2. The topological polar surface area (TPSA) is 70.8 Å². The van der Waals surface area contributed by atoms with Crippen molar-refractivity contribution in [2.45, 2.75) is 90.3 Å². The first-order valence-corrected chi connectivity index (χ1v) is 15.3. The zero-order chi connectivity index (χ0) is 27.5. The highest BCUT2D eigenvalue weighted by atomic mass is 16.2. The first-order chi connectivity index (χ1) is 18.9. The number of amides is 2. The number of fused-ring (bicyclic) bond motifs is 1. The Morgan fingerprint density at radius 3 is 2.31 bits per heavy atom. The number of aryl methyl sites for hydroxylation is 1. The van der Waals surface area contributed by atoms with Gasteiger partial charge >= 0.3 is 5.69 Å². The number of para-hydroxylation sites is 2. The summed E-state index contributed by atoms with van der Waals surface area (Å²) >= 11 is 0. The molecule has 0 radical (unpaired) electrons. The van der Waals surface area contributed by atoms with Gasteiger partial charge in [0.05, 0.1) is 29.0 Å². The quantitative estimate of drug-likeness (QED) is 0.556. The number of likely N-dealkylation sites (N-methyl/N-ethyl adjacent to an activating group) is 1. The number of piperidine rings is 1. The van der Waals surface area contributed by atoms with E-state index in [0.29, 0.717) is 32.1 Å². The SMILES string of the molecule is CCn1c(=O)n([C@H]2CCN(CC3CCCCCCC3)C[C@@H]2C(=O)N2CCC(N(C)C(C)=O)C2)c2ccccc21. The maximum absolute atomic E-state index is 14.3. The fraction of sp³-hybridized carbons (Fsp3) is 0.710. The molecule has 1 aromatic carbocycles. The van der Waals surface area contributed by atoms with Gasteiger partial charge in [-0.05, 0) is 50.7 Å². The maximum atomic E-state index is 14.3. The van der Waals surface area contributed by atoms with E-state index in [1.165, 1.54) is 44.9 Å². The zero-order valence-corrected chi connectivity index (χ0v) is 24.2. The van der Waals surface area contributed by atoms with Crippen molar-refractivity contribution < 1.29 is 9.59 Å². The molecule has 8 heteroatoms. The molecular weight excluding hydrogens is 490 g/mol. The van der Waals surface area contributed by atoms with Crippen molar-refractivity contribution in [1.29, 1.82) is 0 Å². The number of likely N-dealkylation sites (tertiary alicyclic amines) is 2. The molecule has 1 unspecified atom stereocenters. The van der Waals surface area contributed by atoms with Gasteiger partial charge in [0, 0.05) is 53.2 Å². The number of hydrogen-bond acceptors (Lipinski definition) is 4. The standard InChI is InChI=1S/C31H47N5O3/c1-4-35-28-14-10-11-15-29(28)36(31(35)39)27-17-18-33(20-24-12-8-6-5-7-9-13-24)22-26(27)30(38)34-19-16-25(21-34)32(3)23(2)37/h10-11,14-15,24-27H,4-9,12-13,16-22H2,1-3H3/t25?,26-,27-/m0/s1. The Hall–Kier alpha value is -2.61. The summed E-state index contributed by atoms with van der Waals surface area (Å²) in [5.74, 6) is 0.599. The van der Waals surface area contributed by atoms with Gasteiger partial charge in [0.15, 0.2) is 0 Å². The minimum absolute atomic E-state index is 0.00872. The monoisotopic (exact) mass is 537 g/mol. The number of carbonyl (C=O) groups is 2. The van der Waals surface area contributed by atoms with Gasteiger partial charge < -0.3 is 14.7 Å². The molecule has 2 amide bonds. The van der Waals surface area contributed by atoms with E-state index in [2.05, 4.69) is 4.90 Å². The van der Waals surface area contributed by atoms with E-state index in [1.54, 1.807) is 11.8 Å². The molecular formula is C31H47N5O3. The molecule has 5 rings (SSSR count).